The molecule has 70 valence electrons. The number of nitrogens with two attached hydrogens (primary N) is 1. The van der Waals surface area contributed by atoms with E-state index in [0.29, 0.717) is 5.82 Å². The number of aromatic nitrogens is 1. The summed E-state index contributed by atoms with van der Waals surface area (Å²) in [5.41, 5.74) is 8.07. The molecule has 0 unspecified atom stereocenters. The third kappa shape index (κ3) is 3.28. The van der Waals surface area contributed by atoms with E-state index in [9.17, 15) is 0 Å². The fourth-order valence-corrected chi connectivity index (χ4v) is 1.24. The first kappa shape index (κ1) is 9.78. The van der Waals surface area contributed by atoms with Crippen molar-refractivity contribution < 1.29 is 0 Å². The summed E-state index contributed by atoms with van der Waals surface area (Å²) >= 11 is 0. The number of anilines is 1. The van der Waals surface area contributed by atoms with E-state index >= 15 is 0 Å². The van der Waals surface area contributed by atoms with Crippen molar-refractivity contribution in [2.75, 3.05) is 5.73 Å². The molecule has 1 aromatic heterocycles. The normalized spacial score (nSPS) is 9.92. The van der Waals surface area contributed by atoms with E-state index in [1.165, 1.54) is 5.57 Å². The number of nitrogen functional groups attached to an aromatic ring is 1. The molecule has 0 saturated heterocycles. The van der Waals surface area contributed by atoms with Gasteiger partial charge < -0.3 is 5.73 Å². The van der Waals surface area contributed by atoms with Crippen molar-refractivity contribution in [1.82, 2.24) is 4.98 Å². The third-order valence-electron chi connectivity index (χ3n) is 1.98. The molecule has 0 aliphatic heterocycles. The van der Waals surface area contributed by atoms with Crippen molar-refractivity contribution in [2.24, 2.45) is 0 Å². The van der Waals surface area contributed by atoms with E-state index in [0.717, 1.165) is 24.8 Å². The molecule has 2 nitrogen and oxygen atoms in total. The van der Waals surface area contributed by atoms with E-state index in [1.807, 2.05) is 19.1 Å². The molecule has 0 aromatic carbocycles. The molecule has 13 heavy (non-hydrogen) atoms. The lowest BCUT2D eigenvalue weighted by atomic mass is 10.1. The predicted molar refractivity (Wildman–Crippen MR) is 56.4 cm³/mol. The molecular formula is C11H16N2. The van der Waals surface area contributed by atoms with Crippen LogP contribution in [0.25, 0.3) is 0 Å². The van der Waals surface area contributed by atoms with Gasteiger partial charge in [-0.25, -0.2) is 4.98 Å². The number of hydrogen-bond acceptors (Lipinski definition) is 2. The van der Waals surface area contributed by atoms with Crippen molar-refractivity contribution >= 4 is 5.82 Å². The largest absolute Gasteiger partial charge is 0.383 e. The van der Waals surface area contributed by atoms with Crippen LogP contribution in [0.2, 0.25) is 0 Å². The van der Waals surface area contributed by atoms with Crippen molar-refractivity contribution in [1.29, 1.82) is 0 Å². The predicted octanol–water partition coefficient (Wildman–Crippen LogP) is 2.56. The SMILES string of the molecule is C=C(C)CCCc1cccnc1N. The zero-order chi connectivity index (χ0) is 9.68. The molecular weight excluding hydrogens is 160 g/mol. The number of rotatable bonds is 4. The zero-order valence-corrected chi connectivity index (χ0v) is 8.09. The molecule has 0 spiro atoms. The Kier molecular flexibility index (Phi) is 3.50. The summed E-state index contributed by atoms with van der Waals surface area (Å²) in [5.74, 6) is 0.657. The van der Waals surface area contributed by atoms with E-state index in [2.05, 4.69) is 11.6 Å². The van der Waals surface area contributed by atoms with Crippen molar-refractivity contribution in [3.05, 3.63) is 36.0 Å². The Bertz CT molecular complexity index is 292. The Labute approximate surface area is 79.5 Å². The molecule has 1 aromatic rings. The van der Waals surface area contributed by atoms with Gasteiger partial charge in [-0.1, -0.05) is 11.6 Å². The number of allylic oxidation sites excluding steroid dienone is 1. The maximum absolute atomic E-state index is 5.70. The van der Waals surface area contributed by atoms with Crippen molar-refractivity contribution in [3.8, 4) is 0 Å². The van der Waals surface area contributed by atoms with Crippen molar-refractivity contribution in [2.45, 2.75) is 26.2 Å². The van der Waals surface area contributed by atoms with Gasteiger partial charge in [0.2, 0.25) is 0 Å². The Morgan fingerprint density at radius 3 is 3.00 bits per heavy atom. The van der Waals surface area contributed by atoms with Gasteiger partial charge in [0.1, 0.15) is 5.82 Å². The Morgan fingerprint density at radius 1 is 1.62 bits per heavy atom. The third-order valence-corrected chi connectivity index (χ3v) is 1.98. The first-order chi connectivity index (χ1) is 6.20. The molecule has 1 rings (SSSR count). The molecule has 0 fully saturated rings. The van der Waals surface area contributed by atoms with Crippen LogP contribution in [0.4, 0.5) is 5.82 Å². The van der Waals surface area contributed by atoms with Crippen LogP contribution in [0, 0.1) is 0 Å². The second-order valence-corrected chi connectivity index (χ2v) is 3.36. The Balaban J connectivity index is 2.45. The van der Waals surface area contributed by atoms with Gasteiger partial charge >= 0.3 is 0 Å². The van der Waals surface area contributed by atoms with Crippen molar-refractivity contribution in [3.63, 3.8) is 0 Å². The van der Waals surface area contributed by atoms with E-state index in [4.69, 9.17) is 5.73 Å². The molecule has 0 atom stereocenters. The number of hydrogen-bond donors (Lipinski definition) is 1. The Morgan fingerprint density at radius 2 is 2.38 bits per heavy atom. The fourth-order valence-electron chi connectivity index (χ4n) is 1.24. The molecule has 0 saturated carbocycles. The van der Waals surface area contributed by atoms with Crippen LogP contribution in [0.3, 0.4) is 0 Å². The van der Waals surface area contributed by atoms with Crippen LogP contribution in [-0.4, -0.2) is 4.98 Å². The number of pyridine rings is 1. The molecule has 0 bridgehead atoms. The molecule has 0 aliphatic carbocycles. The minimum Gasteiger partial charge on any atom is -0.383 e. The van der Waals surface area contributed by atoms with Gasteiger partial charge in [-0.3, -0.25) is 0 Å². The average molecular weight is 176 g/mol. The maximum atomic E-state index is 5.70. The van der Waals surface area contributed by atoms with Gasteiger partial charge in [-0.05, 0) is 37.8 Å². The molecule has 0 aliphatic rings. The molecule has 2 heteroatoms. The maximum Gasteiger partial charge on any atom is 0.126 e. The van der Waals surface area contributed by atoms with E-state index < -0.39 is 0 Å². The monoisotopic (exact) mass is 176 g/mol. The first-order valence-electron chi connectivity index (χ1n) is 4.54. The van der Waals surface area contributed by atoms with E-state index in [-0.39, 0.29) is 0 Å². The summed E-state index contributed by atoms with van der Waals surface area (Å²) in [5, 5.41) is 0. The van der Waals surface area contributed by atoms with Crippen LogP contribution in [0.5, 0.6) is 0 Å². The summed E-state index contributed by atoms with van der Waals surface area (Å²) in [7, 11) is 0. The second-order valence-electron chi connectivity index (χ2n) is 3.36. The first-order valence-corrected chi connectivity index (χ1v) is 4.54. The van der Waals surface area contributed by atoms with Gasteiger partial charge in [-0.15, -0.1) is 6.58 Å². The fraction of sp³-hybridized carbons (Fsp3) is 0.364. The van der Waals surface area contributed by atoms with E-state index in [1.54, 1.807) is 6.20 Å². The summed E-state index contributed by atoms with van der Waals surface area (Å²) in [6.07, 6.45) is 4.88. The lowest BCUT2D eigenvalue weighted by Gasteiger charge is -2.03. The summed E-state index contributed by atoms with van der Waals surface area (Å²) < 4.78 is 0. The zero-order valence-electron chi connectivity index (χ0n) is 8.09. The Hall–Kier alpha value is -1.31. The lowest BCUT2D eigenvalue weighted by molar-refractivity contribution is 0.813. The molecule has 2 N–H and O–H groups in total. The minimum absolute atomic E-state index is 0.657. The summed E-state index contributed by atoms with van der Waals surface area (Å²) in [6.45, 7) is 5.91. The second kappa shape index (κ2) is 4.65. The lowest BCUT2D eigenvalue weighted by Crippen LogP contribution is -1.96. The van der Waals surface area contributed by atoms with Crippen LogP contribution in [0.1, 0.15) is 25.3 Å². The van der Waals surface area contributed by atoms with Crippen LogP contribution in [-0.2, 0) is 6.42 Å². The van der Waals surface area contributed by atoms with Crippen LogP contribution >= 0.6 is 0 Å². The van der Waals surface area contributed by atoms with Crippen LogP contribution < -0.4 is 5.73 Å². The summed E-state index contributed by atoms with van der Waals surface area (Å²) in [6, 6.07) is 3.95. The van der Waals surface area contributed by atoms with Gasteiger partial charge in [0, 0.05) is 6.20 Å². The van der Waals surface area contributed by atoms with Gasteiger partial charge in [0.05, 0.1) is 0 Å². The highest BCUT2D eigenvalue weighted by molar-refractivity contribution is 5.38. The van der Waals surface area contributed by atoms with Gasteiger partial charge in [0.15, 0.2) is 0 Å². The quantitative estimate of drug-likeness (QED) is 0.716. The highest BCUT2D eigenvalue weighted by Gasteiger charge is 1.98. The standard InChI is InChI=1S/C11H16N2/c1-9(2)5-3-6-10-7-4-8-13-11(10)12/h4,7-8H,1,3,5-6H2,2H3,(H2,12,13). The number of aryl methyl sites for hydroxylation is 1. The highest BCUT2D eigenvalue weighted by atomic mass is 14.8. The van der Waals surface area contributed by atoms with Crippen LogP contribution in [0.15, 0.2) is 30.5 Å². The molecule has 0 radical (unpaired) electrons. The highest BCUT2D eigenvalue weighted by Crippen LogP contribution is 2.12. The van der Waals surface area contributed by atoms with Gasteiger partial charge in [0.25, 0.3) is 0 Å². The smallest absolute Gasteiger partial charge is 0.126 e. The molecule has 0 amide bonds. The topological polar surface area (TPSA) is 38.9 Å². The average Bonchev–Trinajstić information content (AvgIpc) is 2.08. The van der Waals surface area contributed by atoms with Gasteiger partial charge in [-0.2, -0.15) is 0 Å². The number of nitrogens with zero attached hydrogens (tertiary/aromatic N) is 1. The summed E-state index contributed by atoms with van der Waals surface area (Å²) in [4.78, 5) is 4.03. The minimum atomic E-state index is 0.657. The molecule has 1 heterocycles.